The van der Waals surface area contributed by atoms with Crippen LogP contribution in [-0.2, 0) is 11.8 Å². The number of benzene rings is 2. The fourth-order valence-electron chi connectivity index (χ4n) is 2.58. The van der Waals surface area contributed by atoms with Crippen LogP contribution in [0, 0.1) is 6.92 Å². The molecule has 0 amide bonds. The molecule has 2 aromatic carbocycles. The number of esters is 1. The number of hydrogen-bond donors (Lipinski definition) is 0. The van der Waals surface area contributed by atoms with E-state index in [1.54, 1.807) is 31.2 Å². The van der Waals surface area contributed by atoms with Gasteiger partial charge in [0.2, 0.25) is 0 Å². The molecule has 0 atom stereocenters. The number of unbranched alkanes of at least 4 members (excludes halogenated alkanes) is 1. The Kier molecular flexibility index (Phi) is 8.08. The van der Waals surface area contributed by atoms with Crippen molar-refractivity contribution in [2.75, 3.05) is 6.61 Å². The molecule has 6 heteroatoms. The summed E-state index contributed by atoms with van der Waals surface area (Å²) in [6.45, 7) is 4.28. The Morgan fingerprint density at radius 3 is 2.31 bits per heavy atom. The van der Waals surface area contributed by atoms with E-state index in [9.17, 15) is 4.79 Å². The van der Waals surface area contributed by atoms with Crippen molar-refractivity contribution in [3.63, 3.8) is 0 Å². The fourth-order valence-corrected chi connectivity index (χ4v) is 3.50. The molecule has 0 heterocycles. The van der Waals surface area contributed by atoms with Gasteiger partial charge >= 0.3 is 5.97 Å². The second-order valence-corrected chi connectivity index (χ2v) is 6.68. The Bertz CT molecular complexity index is 761. The highest BCUT2D eigenvalue weighted by atomic mass is 35.5. The van der Waals surface area contributed by atoms with Crippen LogP contribution >= 0.6 is 34.8 Å². The maximum absolute atomic E-state index is 12.9. The summed E-state index contributed by atoms with van der Waals surface area (Å²) in [6, 6.07) is 8.85. The van der Waals surface area contributed by atoms with E-state index < -0.39 is 5.97 Å². The third-order valence-corrected chi connectivity index (χ3v) is 5.05. The molecule has 0 aliphatic rings. The fraction of sp³-hybridized carbons (Fsp3) is 0.350. The first-order chi connectivity index (χ1) is 12.5. The number of ether oxygens (including phenoxy) is 2. The van der Waals surface area contributed by atoms with Gasteiger partial charge in [-0.1, -0.05) is 43.1 Å². The van der Waals surface area contributed by atoms with Crippen molar-refractivity contribution in [2.24, 2.45) is 0 Å². The molecule has 140 valence electrons. The molecule has 0 fully saturated rings. The van der Waals surface area contributed by atoms with Gasteiger partial charge in [-0.15, -0.1) is 23.2 Å². The van der Waals surface area contributed by atoms with Gasteiger partial charge in [0, 0.05) is 16.5 Å². The third-order valence-electron chi connectivity index (χ3n) is 4.00. The molecule has 0 aliphatic carbocycles. The van der Waals surface area contributed by atoms with E-state index in [0.29, 0.717) is 45.4 Å². The molecule has 2 rings (SSSR count). The van der Waals surface area contributed by atoms with Gasteiger partial charge in [-0.25, -0.2) is 4.79 Å². The average molecular weight is 416 g/mol. The maximum Gasteiger partial charge on any atom is 0.347 e. The molecule has 0 saturated carbocycles. The van der Waals surface area contributed by atoms with E-state index in [4.69, 9.17) is 44.3 Å². The van der Waals surface area contributed by atoms with Crippen LogP contribution in [0.5, 0.6) is 11.5 Å². The van der Waals surface area contributed by atoms with Crippen molar-refractivity contribution in [2.45, 2.75) is 38.4 Å². The summed E-state index contributed by atoms with van der Waals surface area (Å²) >= 11 is 18.7. The van der Waals surface area contributed by atoms with E-state index in [-0.39, 0.29) is 11.8 Å². The molecule has 0 aromatic heterocycles. The van der Waals surface area contributed by atoms with Crippen LogP contribution in [0.15, 0.2) is 30.3 Å². The summed E-state index contributed by atoms with van der Waals surface area (Å²) in [5.41, 5.74) is 2.18. The first-order valence-electron chi connectivity index (χ1n) is 8.40. The lowest BCUT2D eigenvalue weighted by atomic mass is 9.98. The molecular weight excluding hydrogens is 395 g/mol. The monoisotopic (exact) mass is 414 g/mol. The van der Waals surface area contributed by atoms with Gasteiger partial charge in [0.1, 0.15) is 17.1 Å². The largest absolute Gasteiger partial charge is 0.492 e. The normalized spacial score (nSPS) is 10.7. The average Bonchev–Trinajstić information content (AvgIpc) is 2.65. The SMILES string of the molecule is CCCCOc1c(CCl)c(CCl)c(Cl)c(C)c1C(=O)Oc1ccccc1. The van der Waals surface area contributed by atoms with Crippen molar-refractivity contribution in [3.05, 3.63) is 57.6 Å². The Morgan fingerprint density at radius 1 is 1.08 bits per heavy atom. The van der Waals surface area contributed by atoms with Crippen LogP contribution in [0.2, 0.25) is 5.02 Å². The van der Waals surface area contributed by atoms with Crippen molar-refractivity contribution in [1.82, 2.24) is 0 Å². The minimum Gasteiger partial charge on any atom is -0.492 e. The van der Waals surface area contributed by atoms with Crippen LogP contribution in [0.3, 0.4) is 0 Å². The molecule has 26 heavy (non-hydrogen) atoms. The van der Waals surface area contributed by atoms with Crippen LogP contribution in [-0.4, -0.2) is 12.6 Å². The van der Waals surface area contributed by atoms with E-state index in [0.717, 1.165) is 12.8 Å². The number of hydrogen-bond acceptors (Lipinski definition) is 3. The summed E-state index contributed by atoms with van der Waals surface area (Å²) in [7, 11) is 0. The second kappa shape index (κ2) is 10.1. The Balaban J connectivity index is 2.53. The molecular formula is C20H21Cl3O3. The van der Waals surface area contributed by atoms with E-state index >= 15 is 0 Å². The van der Waals surface area contributed by atoms with Crippen LogP contribution < -0.4 is 9.47 Å². The molecule has 0 saturated heterocycles. The van der Waals surface area contributed by atoms with E-state index in [1.165, 1.54) is 0 Å². The van der Waals surface area contributed by atoms with E-state index in [2.05, 4.69) is 6.92 Å². The number of rotatable bonds is 8. The van der Waals surface area contributed by atoms with Gasteiger partial charge in [0.15, 0.2) is 0 Å². The summed E-state index contributed by atoms with van der Waals surface area (Å²) in [5.74, 6) is 0.637. The van der Waals surface area contributed by atoms with Crippen molar-refractivity contribution in [3.8, 4) is 11.5 Å². The highest BCUT2D eigenvalue weighted by molar-refractivity contribution is 6.34. The lowest BCUT2D eigenvalue weighted by Gasteiger charge is -2.20. The number of carbonyl (C=O) groups excluding carboxylic acids is 1. The summed E-state index contributed by atoms with van der Waals surface area (Å²) in [6.07, 6.45) is 1.82. The number of para-hydroxylation sites is 1. The van der Waals surface area contributed by atoms with Crippen molar-refractivity contribution < 1.29 is 14.3 Å². The van der Waals surface area contributed by atoms with Crippen LogP contribution in [0.4, 0.5) is 0 Å². The minimum atomic E-state index is -0.533. The number of halogens is 3. The zero-order chi connectivity index (χ0) is 19.1. The van der Waals surface area contributed by atoms with Gasteiger partial charge in [0.05, 0.1) is 12.5 Å². The van der Waals surface area contributed by atoms with Crippen molar-refractivity contribution >= 4 is 40.8 Å². The maximum atomic E-state index is 12.9. The van der Waals surface area contributed by atoms with E-state index in [1.807, 2.05) is 6.07 Å². The van der Waals surface area contributed by atoms with Gasteiger partial charge < -0.3 is 9.47 Å². The third kappa shape index (κ3) is 4.64. The van der Waals surface area contributed by atoms with Gasteiger partial charge in [-0.05, 0) is 36.6 Å². The first kappa shape index (κ1) is 20.9. The van der Waals surface area contributed by atoms with Crippen LogP contribution in [0.25, 0.3) is 0 Å². The smallest absolute Gasteiger partial charge is 0.347 e. The molecule has 2 aromatic rings. The highest BCUT2D eigenvalue weighted by Gasteiger charge is 2.27. The quantitative estimate of drug-likeness (QED) is 0.213. The van der Waals surface area contributed by atoms with Crippen molar-refractivity contribution in [1.29, 1.82) is 0 Å². The molecule has 0 unspecified atom stereocenters. The summed E-state index contributed by atoms with van der Waals surface area (Å²) < 4.78 is 11.4. The number of alkyl halides is 2. The Morgan fingerprint density at radius 2 is 1.73 bits per heavy atom. The lowest BCUT2D eigenvalue weighted by molar-refractivity contribution is 0.0729. The minimum absolute atomic E-state index is 0.134. The highest BCUT2D eigenvalue weighted by Crippen LogP contribution is 2.39. The van der Waals surface area contributed by atoms with Gasteiger partial charge in [-0.3, -0.25) is 0 Å². The standard InChI is InChI=1S/C20H21Cl3O3/c1-3-4-10-25-19-16(12-22)15(11-21)18(23)13(2)17(19)20(24)26-14-8-6-5-7-9-14/h5-9H,3-4,10-12H2,1-2H3. The predicted molar refractivity (Wildman–Crippen MR) is 107 cm³/mol. The molecule has 0 bridgehead atoms. The molecule has 0 aliphatic heterocycles. The molecule has 0 radical (unpaired) electrons. The van der Waals surface area contributed by atoms with Gasteiger partial charge in [-0.2, -0.15) is 0 Å². The molecule has 3 nitrogen and oxygen atoms in total. The summed E-state index contributed by atoms with van der Waals surface area (Å²) in [5, 5.41) is 0.415. The topological polar surface area (TPSA) is 35.5 Å². The Hall–Kier alpha value is -1.42. The van der Waals surface area contributed by atoms with Crippen LogP contribution in [0.1, 0.15) is 46.8 Å². The first-order valence-corrected chi connectivity index (χ1v) is 9.85. The lowest BCUT2D eigenvalue weighted by Crippen LogP contribution is -2.16. The zero-order valence-electron chi connectivity index (χ0n) is 14.8. The molecule has 0 spiro atoms. The number of carbonyl (C=O) groups is 1. The summed E-state index contributed by atoms with van der Waals surface area (Å²) in [4.78, 5) is 12.9. The molecule has 0 N–H and O–H groups in total. The second-order valence-electron chi connectivity index (χ2n) is 5.77. The Labute approximate surface area is 169 Å². The van der Waals surface area contributed by atoms with Gasteiger partial charge in [0.25, 0.3) is 0 Å². The predicted octanol–water partition coefficient (Wildman–Crippen LogP) is 6.52. The zero-order valence-corrected chi connectivity index (χ0v) is 17.0.